The van der Waals surface area contributed by atoms with Crippen molar-refractivity contribution in [3.8, 4) is 0 Å². The fraction of sp³-hybridized carbons (Fsp3) is 0.312. The average Bonchev–Trinajstić information content (AvgIpc) is 3.19. The molecule has 6 heteroatoms. The van der Waals surface area contributed by atoms with E-state index >= 15 is 0 Å². The van der Waals surface area contributed by atoms with Crippen LogP contribution in [-0.4, -0.2) is 25.8 Å². The Balaban J connectivity index is 1.69. The molecule has 1 saturated heterocycles. The maximum atomic E-state index is 12.3. The van der Waals surface area contributed by atoms with Crippen LogP contribution >= 0.6 is 11.5 Å². The standard InChI is InChI=1S/C16H16N4OS/c21-16-12-4-1-2-5-13(12)18-15(19-16)14-6-3-7-20(14)9-11-8-17-22-10-11/h1-2,4-5,8,10,14H,3,6-7,9H2,(H,18,19,21). The van der Waals surface area contributed by atoms with E-state index in [1.807, 2.05) is 30.5 Å². The summed E-state index contributed by atoms with van der Waals surface area (Å²) in [6.07, 6.45) is 4.06. The summed E-state index contributed by atoms with van der Waals surface area (Å²) in [5, 5.41) is 2.73. The minimum absolute atomic E-state index is 0.0512. The van der Waals surface area contributed by atoms with Crippen LogP contribution in [0.1, 0.15) is 30.3 Å². The fourth-order valence-electron chi connectivity index (χ4n) is 3.13. The molecule has 3 aromatic rings. The summed E-state index contributed by atoms with van der Waals surface area (Å²) in [4.78, 5) is 22.3. The first-order chi connectivity index (χ1) is 10.8. The Hall–Kier alpha value is -2.05. The number of fused-ring (bicyclic) bond motifs is 1. The number of hydrogen-bond donors (Lipinski definition) is 1. The number of aromatic nitrogens is 3. The molecule has 1 aliphatic heterocycles. The Morgan fingerprint density at radius 2 is 2.27 bits per heavy atom. The van der Waals surface area contributed by atoms with Crippen molar-refractivity contribution in [3.05, 3.63) is 57.6 Å². The number of rotatable bonds is 3. The average molecular weight is 312 g/mol. The van der Waals surface area contributed by atoms with Crippen LogP contribution < -0.4 is 5.56 Å². The molecule has 0 bridgehead atoms. The molecule has 1 fully saturated rings. The molecule has 1 aromatic carbocycles. The van der Waals surface area contributed by atoms with Crippen LogP contribution in [0.2, 0.25) is 0 Å². The van der Waals surface area contributed by atoms with Crippen LogP contribution in [-0.2, 0) is 6.54 Å². The number of nitrogens with one attached hydrogen (secondary N) is 1. The molecule has 1 N–H and O–H groups in total. The minimum Gasteiger partial charge on any atom is -0.309 e. The summed E-state index contributed by atoms with van der Waals surface area (Å²) in [6.45, 7) is 1.88. The quantitative estimate of drug-likeness (QED) is 0.808. The Bertz CT molecular complexity index is 843. The Kier molecular flexibility index (Phi) is 3.48. The smallest absolute Gasteiger partial charge is 0.258 e. The zero-order valence-corrected chi connectivity index (χ0v) is 12.8. The van der Waals surface area contributed by atoms with Crippen LogP contribution in [0.25, 0.3) is 10.9 Å². The number of nitrogens with zero attached hydrogens (tertiary/aromatic N) is 3. The molecule has 1 atom stereocenters. The van der Waals surface area contributed by atoms with Gasteiger partial charge in [0.05, 0.1) is 16.9 Å². The molecule has 2 aromatic heterocycles. The van der Waals surface area contributed by atoms with Gasteiger partial charge in [0.25, 0.3) is 5.56 Å². The van der Waals surface area contributed by atoms with Crippen molar-refractivity contribution < 1.29 is 0 Å². The highest BCUT2D eigenvalue weighted by atomic mass is 32.1. The normalized spacial score (nSPS) is 19.0. The third kappa shape index (κ3) is 2.44. The lowest BCUT2D eigenvalue weighted by Crippen LogP contribution is -2.26. The van der Waals surface area contributed by atoms with Gasteiger partial charge in [0, 0.05) is 18.1 Å². The lowest BCUT2D eigenvalue weighted by Gasteiger charge is -2.23. The monoisotopic (exact) mass is 312 g/mol. The molecular formula is C16H16N4OS. The maximum Gasteiger partial charge on any atom is 0.258 e. The molecule has 4 rings (SSSR count). The van der Waals surface area contributed by atoms with Gasteiger partial charge in [-0.2, -0.15) is 0 Å². The van der Waals surface area contributed by atoms with Crippen molar-refractivity contribution in [1.82, 2.24) is 19.2 Å². The summed E-state index contributed by atoms with van der Waals surface area (Å²) in [7, 11) is 0. The second-order valence-electron chi connectivity index (χ2n) is 5.63. The predicted octanol–water partition coefficient (Wildman–Crippen LogP) is 2.72. The highest BCUT2D eigenvalue weighted by molar-refractivity contribution is 7.03. The molecule has 0 radical (unpaired) electrons. The Labute approximate surface area is 131 Å². The minimum atomic E-state index is -0.0512. The second kappa shape index (κ2) is 5.62. The maximum absolute atomic E-state index is 12.3. The highest BCUT2D eigenvalue weighted by Gasteiger charge is 2.28. The van der Waals surface area contributed by atoms with E-state index in [1.54, 1.807) is 0 Å². The van der Waals surface area contributed by atoms with Crippen molar-refractivity contribution in [1.29, 1.82) is 0 Å². The molecule has 1 aliphatic rings. The van der Waals surface area contributed by atoms with Gasteiger partial charge in [-0.15, -0.1) is 0 Å². The number of hydrogen-bond acceptors (Lipinski definition) is 5. The van der Waals surface area contributed by atoms with Crippen molar-refractivity contribution >= 4 is 22.4 Å². The lowest BCUT2D eigenvalue weighted by atomic mass is 10.1. The van der Waals surface area contributed by atoms with E-state index < -0.39 is 0 Å². The van der Waals surface area contributed by atoms with Crippen molar-refractivity contribution in [2.45, 2.75) is 25.4 Å². The van der Waals surface area contributed by atoms with Gasteiger partial charge in [0.1, 0.15) is 5.82 Å². The highest BCUT2D eigenvalue weighted by Crippen LogP contribution is 2.31. The molecule has 112 valence electrons. The van der Waals surface area contributed by atoms with E-state index in [2.05, 4.69) is 24.6 Å². The number of H-pyrrole nitrogens is 1. The summed E-state index contributed by atoms with van der Waals surface area (Å²) in [5.74, 6) is 0.782. The zero-order chi connectivity index (χ0) is 14.9. The molecule has 5 nitrogen and oxygen atoms in total. The van der Waals surface area contributed by atoms with Gasteiger partial charge in [0.15, 0.2) is 0 Å². The summed E-state index contributed by atoms with van der Waals surface area (Å²) in [5.41, 5.74) is 1.94. The van der Waals surface area contributed by atoms with E-state index in [4.69, 9.17) is 0 Å². The van der Waals surface area contributed by atoms with E-state index in [0.29, 0.717) is 5.39 Å². The Morgan fingerprint density at radius 1 is 1.36 bits per heavy atom. The van der Waals surface area contributed by atoms with E-state index in [9.17, 15) is 4.79 Å². The number of likely N-dealkylation sites (tertiary alicyclic amines) is 1. The van der Waals surface area contributed by atoms with Gasteiger partial charge >= 0.3 is 0 Å². The molecule has 1 unspecified atom stereocenters. The molecular weight excluding hydrogens is 296 g/mol. The Morgan fingerprint density at radius 3 is 3.14 bits per heavy atom. The third-order valence-corrected chi connectivity index (χ3v) is 4.81. The van der Waals surface area contributed by atoms with E-state index in [1.165, 1.54) is 17.1 Å². The second-order valence-corrected chi connectivity index (χ2v) is 6.29. The van der Waals surface area contributed by atoms with Crippen LogP contribution in [0, 0.1) is 0 Å². The first kappa shape index (κ1) is 13.6. The van der Waals surface area contributed by atoms with Gasteiger partial charge in [-0.3, -0.25) is 9.69 Å². The fourth-order valence-corrected chi connectivity index (χ4v) is 3.65. The van der Waals surface area contributed by atoms with Crippen molar-refractivity contribution in [3.63, 3.8) is 0 Å². The van der Waals surface area contributed by atoms with Crippen molar-refractivity contribution in [2.75, 3.05) is 6.54 Å². The summed E-state index contributed by atoms with van der Waals surface area (Å²) in [6, 6.07) is 7.67. The van der Waals surface area contributed by atoms with Crippen LogP contribution in [0.15, 0.2) is 40.6 Å². The first-order valence-corrected chi connectivity index (χ1v) is 8.26. The van der Waals surface area contributed by atoms with Gasteiger partial charge < -0.3 is 4.98 Å². The predicted molar refractivity (Wildman–Crippen MR) is 86.9 cm³/mol. The summed E-state index contributed by atoms with van der Waals surface area (Å²) < 4.78 is 4.16. The van der Waals surface area contributed by atoms with E-state index in [-0.39, 0.29) is 11.6 Å². The number of aromatic amines is 1. The lowest BCUT2D eigenvalue weighted by molar-refractivity contribution is 0.240. The molecule has 22 heavy (non-hydrogen) atoms. The van der Waals surface area contributed by atoms with Crippen LogP contribution in [0.5, 0.6) is 0 Å². The van der Waals surface area contributed by atoms with E-state index in [0.717, 1.165) is 37.3 Å². The SMILES string of the molecule is O=c1[nH]c(C2CCCN2Cc2cnsc2)nc2ccccc12. The van der Waals surface area contributed by atoms with Gasteiger partial charge in [0.2, 0.25) is 0 Å². The van der Waals surface area contributed by atoms with Gasteiger partial charge in [-0.25, -0.2) is 9.36 Å². The van der Waals surface area contributed by atoms with Crippen molar-refractivity contribution in [2.24, 2.45) is 0 Å². The first-order valence-electron chi connectivity index (χ1n) is 7.42. The number of benzene rings is 1. The van der Waals surface area contributed by atoms with Crippen LogP contribution in [0.4, 0.5) is 0 Å². The van der Waals surface area contributed by atoms with Gasteiger partial charge in [-0.1, -0.05) is 12.1 Å². The number of para-hydroxylation sites is 1. The van der Waals surface area contributed by atoms with Gasteiger partial charge in [-0.05, 0) is 48.6 Å². The molecule has 0 amide bonds. The third-order valence-electron chi connectivity index (χ3n) is 4.18. The topological polar surface area (TPSA) is 61.9 Å². The zero-order valence-electron chi connectivity index (χ0n) is 12.0. The molecule has 0 spiro atoms. The molecule has 0 aliphatic carbocycles. The summed E-state index contributed by atoms with van der Waals surface area (Å²) >= 11 is 1.47. The molecule has 0 saturated carbocycles. The largest absolute Gasteiger partial charge is 0.309 e. The van der Waals surface area contributed by atoms with Crippen LogP contribution in [0.3, 0.4) is 0 Å². The molecule has 3 heterocycles.